The maximum Gasteiger partial charge on any atom is 0.266 e. The fourth-order valence-corrected chi connectivity index (χ4v) is 4.10. The fourth-order valence-electron chi connectivity index (χ4n) is 3.68. The van der Waals surface area contributed by atoms with E-state index in [0.717, 1.165) is 26.5 Å². The Balaban J connectivity index is 1.80. The van der Waals surface area contributed by atoms with Crippen LogP contribution in [0.15, 0.2) is 100 Å². The minimum absolute atomic E-state index is 0.0779. The second-order valence-corrected chi connectivity index (χ2v) is 7.93. The van der Waals surface area contributed by atoms with Crippen molar-refractivity contribution < 1.29 is 0 Å². The number of hydrogen-bond acceptors (Lipinski definition) is 2. The van der Waals surface area contributed by atoms with Crippen LogP contribution in [-0.2, 0) is 0 Å². The molecule has 0 aliphatic carbocycles. The molecule has 1 heterocycles. The summed E-state index contributed by atoms with van der Waals surface area (Å²) in [5, 5.41) is 2.69. The first-order chi connectivity index (χ1) is 14.7. The van der Waals surface area contributed by atoms with Gasteiger partial charge in [-0.25, -0.2) is 4.98 Å². The summed E-state index contributed by atoms with van der Waals surface area (Å²) in [6.07, 6.45) is 3.88. The molecule has 4 heteroatoms. The molecule has 0 aliphatic rings. The molecule has 0 radical (unpaired) electrons. The van der Waals surface area contributed by atoms with Gasteiger partial charge in [-0.05, 0) is 47.4 Å². The van der Waals surface area contributed by atoms with Gasteiger partial charge in [0.15, 0.2) is 0 Å². The molecule has 3 nitrogen and oxygen atoms in total. The van der Waals surface area contributed by atoms with Crippen LogP contribution in [0.4, 0.5) is 0 Å². The zero-order chi connectivity index (χ0) is 20.5. The summed E-state index contributed by atoms with van der Waals surface area (Å²) in [7, 11) is 0. The van der Waals surface area contributed by atoms with Gasteiger partial charge in [-0.2, -0.15) is 0 Å². The van der Waals surface area contributed by atoms with Crippen LogP contribution in [0.3, 0.4) is 0 Å². The molecule has 5 rings (SSSR count). The quantitative estimate of drug-likeness (QED) is 0.314. The Hall–Kier alpha value is -3.50. The molecule has 0 saturated carbocycles. The average molecular weight is 453 g/mol. The molecule has 144 valence electrons. The minimum atomic E-state index is -0.0779. The van der Waals surface area contributed by atoms with Gasteiger partial charge in [0, 0.05) is 9.86 Å². The third-order valence-electron chi connectivity index (χ3n) is 5.08. The van der Waals surface area contributed by atoms with E-state index in [-0.39, 0.29) is 5.56 Å². The summed E-state index contributed by atoms with van der Waals surface area (Å²) in [6, 6.07) is 29.6. The molecule has 0 atom stereocenters. The van der Waals surface area contributed by atoms with E-state index in [1.807, 2.05) is 91.0 Å². The van der Waals surface area contributed by atoms with Crippen molar-refractivity contribution in [2.24, 2.45) is 0 Å². The molecular formula is C26H17BrN2O. The number of rotatable bonds is 3. The van der Waals surface area contributed by atoms with Crippen LogP contribution < -0.4 is 5.56 Å². The molecule has 0 unspecified atom stereocenters. The van der Waals surface area contributed by atoms with E-state index in [2.05, 4.69) is 28.1 Å². The highest BCUT2D eigenvalue weighted by atomic mass is 79.9. The van der Waals surface area contributed by atoms with Crippen LogP contribution in [0.25, 0.3) is 39.5 Å². The predicted octanol–water partition coefficient (Wildman–Crippen LogP) is 6.47. The van der Waals surface area contributed by atoms with E-state index in [0.29, 0.717) is 16.7 Å². The average Bonchev–Trinajstić information content (AvgIpc) is 2.78. The minimum Gasteiger partial charge on any atom is -0.268 e. The van der Waals surface area contributed by atoms with E-state index >= 15 is 0 Å². The number of halogens is 1. The van der Waals surface area contributed by atoms with Crippen molar-refractivity contribution in [2.75, 3.05) is 0 Å². The third kappa shape index (κ3) is 3.36. The summed E-state index contributed by atoms with van der Waals surface area (Å²) < 4.78 is 2.71. The monoisotopic (exact) mass is 452 g/mol. The first-order valence-corrected chi connectivity index (χ1v) is 10.4. The molecule has 0 spiro atoms. The molecule has 1 aromatic heterocycles. The van der Waals surface area contributed by atoms with Crippen molar-refractivity contribution >= 4 is 49.8 Å². The van der Waals surface area contributed by atoms with Crippen LogP contribution in [0.1, 0.15) is 11.4 Å². The van der Waals surface area contributed by atoms with Gasteiger partial charge in [-0.1, -0.05) is 82.7 Å². The van der Waals surface area contributed by atoms with Crippen molar-refractivity contribution in [3.05, 3.63) is 117 Å². The fraction of sp³-hybridized carbons (Fsp3) is 0. The summed E-state index contributed by atoms with van der Waals surface area (Å²) in [5.41, 5.74) is 2.46. The van der Waals surface area contributed by atoms with Crippen molar-refractivity contribution in [2.45, 2.75) is 0 Å². The first-order valence-electron chi connectivity index (χ1n) is 9.64. The number of aromatic nitrogens is 2. The zero-order valence-corrected chi connectivity index (χ0v) is 17.6. The van der Waals surface area contributed by atoms with Gasteiger partial charge in [-0.3, -0.25) is 9.36 Å². The Kier molecular flexibility index (Phi) is 4.77. The maximum atomic E-state index is 13.5. The van der Waals surface area contributed by atoms with Crippen LogP contribution >= 0.6 is 15.9 Å². The lowest BCUT2D eigenvalue weighted by Gasteiger charge is -2.14. The Labute approximate surface area is 182 Å². The highest BCUT2D eigenvalue weighted by molar-refractivity contribution is 9.10. The lowest BCUT2D eigenvalue weighted by molar-refractivity contribution is 0.952. The SMILES string of the molecule is O=c1c2ccccc2nc(C=Cc2cccc(Br)c2)n1-c1cccc2ccccc12. The Morgan fingerprint density at radius 1 is 0.767 bits per heavy atom. The van der Waals surface area contributed by atoms with Gasteiger partial charge in [0.05, 0.1) is 16.6 Å². The number of fused-ring (bicyclic) bond motifs is 2. The molecule has 0 saturated heterocycles. The van der Waals surface area contributed by atoms with Crippen molar-refractivity contribution in [1.29, 1.82) is 0 Å². The topological polar surface area (TPSA) is 34.9 Å². The normalized spacial score (nSPS) is 11.5. The van der Waals surface area contributed by atoms with Crippen LogP contribution in [0, 0.1) is 0 Å². The van der Waals surface area contributed by atoms with Gasteiger partial charge in [0.25, 0.3) is 5.56 Å². The van der Waals surface area contributed by atoms with Gasteiger partial charge in [0.2, 0.25) is 0 Å². The Bertz CT molecular complexity index is 1480. The lowest BCUT2D eigenvalue weighted by atomic mass is 10.1. The molecule has 0 amide bonds. The van der Waals surface area contributed by atoms with E-state index < -0.39 is 0 Å². The molecular weight excluding hydrogens is 436 g/mol. The molecule has 5 aromatic rings. The summed E-state index contributed by atoms with van der Waals surface area (Å²) in [4.78, 5) is 18.4. The number of nitrogens with zero attached hydrogens (tertiary/aromatic N) is 2. The second kappa shape index (κ2) is 7.73. The standard InChI is InChI=1S/C26H17BrN2O/c27-20-10-5-7-18(17-20)15-16-25-28-23-13-4-3-12-22(23)26(30)29(25)24-14-6-9-19-8-1-2-11-21(19)24/h1-17H. The highest BCUT2D eigenvalue weighted by Crippen LogP contribution is 2.24. The van der Waals surface area contributed by atoms with E-state index in [9.17, 15) is 4.79 Å². The van der Waals surface area contributed by atoms with E-state index in [4.69, 9.17) is 4.98 Å². The number of para-hydroxylation sites is 1. The van der Waals surface area contributed by atoms with E-state index in [1.54, 1.807) is 4.57 Å². The van der Waals surface area contributed by atoms with Gasteiger partial charge >= 0.3 is 0 Å². The van der Waals surface area contributed by atoms with Crippen molar-refractivity contribution in [3.8, 4) is 5.69 Å². The predicted molar refractivity (Wildman–Crippen MR) is 128 cm³/mol. The molecule has 30 heavy (non-hydrogen) atoms. The maximum absolute atomic E-state index is 13.5. The van der Waals surface area contributed by atoms with Crippen LogP contribution in [0.5, 0.6) is 0 Å². The number of benzene rings is 4. The lowest BCUT2D eigenvalue weighted by Crippen LogP contribution is -2.22. The second-order valence-electron chi connectivity index (χ2n) is 7.01. The van der Waals surface area contributed by atoms with Crippen molar-refractivity contribution in [3.63, 3.8) is 0 Å². The van der Waals surface area contributed by atoms with Gasteiger partial charge < -0.3 is 0 Å². The largest absolute Gasteiger partial charge is 0.268 e. The van der Waals surface area contributed by atoms with Gasteiger partial charge in [-0.15, -0.1) is 0 Å². The highest BCUT2D eigenvalue weighted by Gasteiger charge is 2.13. The summed E-state index contributed by atoms with van der Waals surface area (Å²) in [6.45, 7) is 0. The summed E-state index contributed by atoms with van der Waals surface area (Å²) in [5.74, 6) is 0.593. The Morgan fingerprint density at radius 2 is 1.50 bits per heavy atom. The molecule has 0 fully saturated rings. The molecule has 4 aromatic carbocycles. The molecule has 0 aliphatic heterocycles. The van der Waals surface area contributed by atoms with Crippen LogP contribution in [0.2, 0.25) is 0 Å². The number of hydrogen-bond donors (Lipinski definition) is 0. The van der Waals surface area contributed by atoms with E-state index in [1.165, 1.54) is 0 Å². The summed E-state index contributed by atoms with van der Waals surface area (Å²) >= 11 is 3.51. The van der Waals surface area contributed by atoms with Gasteiger partial charge in [0.1, 0.15) is 5.82 Å². The Morgan fingerprint density at radius 3 is 2.37 bits per heavy atom. The zero-order valence-electron chi connectivity index (χ0n) is 16.0. The smallest absolute Gasteiger partial charge is 0.266 e. The third-order valence-corrected chi connectivity index (χ3v) is 5.58. The van der Waals surface area contributed by atoms with Crippen molar-refractivity contribution in [1.82, 2.24) is 9.55 Å². The van der Waals surface area contributed by atoms with Crippen LogP contribution in [-0.4, -0.2) is 9.55 Å². The molecule has 0 N–H and O–H groups in total. The first kappa shape index (κ1) is 18.5. The molecule has 0 bridgehead atoms.